The van der Waals surface area contributed by atoms with Crippen LogP contribution in [-0.2, 0) is 19.1 Å². The predicted octanol–water partition coefficient (Wildman–Crippen LogP) is 5.28. The molecule has 0 aromatic carbocycles. The summed E-state index contributed by atoms with van der Waals surface area (Å²) in [7, 11) is 0. The maximum Gasteiger partial charge on any atom is 0.303 e. The van der Waals surface area contributed by atoms with Gasteiger partial charge in [-0.25, -0.2) is 0 Å². The summed E-state index contributed by atoms with van der Waals surface area (Å²) in [5.74, 6) is 0.524. The third-order valence-corrected chi connectivity index (χ3v) is 6.98. The SMILES string of the molecule is CC[C@H](O)[C@@H](C)[C@H]1O[C@@H]1C[C@H](C)/C=C/C=C(/C)C1NOCCCCCC(OC(C)=O)C=CC1C. The number of allylic oxidation sites excluding steroid dienone is 3. The third-order valence-electron chi connectivity index (χ3n) is 6.98. The van der Waals surface area contributed by atoms with Gasteiger partial charge in [0.05, 0.1) is 31.0 Å². The molecule has 0 aliphatic carbocycles. The fourth-order valence-corrected chi connectivity index (χ4v) is 4.62. The van der Waals surface area contributed by atoms with Crippen LogP contribution in [0.3, 0.4) is 0 Å². The van der Waals surface area contributed by atoms with Gasteiger partial charge in [-0.15, -0.1) is 0 Å². The van der Waals surface area contributed by atoms with Crippen molar-refractivity contribution in [3.63, 3.8) is 0 Å². The number of esters is 1. The lowest BCUT2D eigenvalue weighted by molar-refractivity contribution is -0.144. The van der Waals surface area contributed by atoms with Crippen LogP contribution in [0.1, 0.15) is 80.1 Å². The topological polar surface area (TPSA) is 80.3 Å². The molecule has 8 atom stereocenters. The highest BCUT2D eigenvalue weighted by molar-refractivity contribution is 5.66. The van der Waals surface area contributed by atoms with E-state index in [1.165, 1.54) is 12.5 Å². The van der Waals surface area contributed by atoms with Crippen LogP contribution in [0.25, 0.3) is 0 Å². The van der Waals surface area contributed by atoms with E-state index < -0.39 is 0 Å². The molecule has 0 aromatic rings. The van der Waals surface area contributed by atoms with Gasteiger partial charge in [0.2, 0.25) is 0 Å². The normalized spacial score (nSPS) is 31.9. The minimum Gasteiger partial charge on any atom is -0.458 e. The first-order chi connectivity index (χ1) is 16.2. The number of carbonyl (C=O) groups is 1. The number of carbonyl (C=O) groups excluding carboxylic acids is 1. The molecule has 0 radical (unpaired) electrons. The first kappa shape index (κ1) is 28.8. The van der Waals surface area contributed by atoms with Crippen molar-refractivity contribution in [1.82, 2.24) is 5.48 Å². The van der Waals surface area contributed by atoms with Crippen molar-refractivity contribution >= 4 is 5.97 Å². The average molecular weight is 478 g/mol. The van der Waals surface area contributed by atoms with Gasteiger partial charge in [-0.2, -0.15) is 5.48 Å². The summed E-state index contributed by atoms with van der Waals surface area (Å²) in [4.78, 5) is 17.2. The van der Waals surface area contributed by atoms with E-state index in [9.17, 15) is 9.90 Å². The molecule has 2 N–H and O–H groups in total. The van der Waals surface area contributed by atoms with Gasteiger partial charge in [-0.3, -0.25) is 4.79 Å². The molecule has 0 aromatic heterocycles. The zero-order valence-corrected chi connectivity index (χ0v) is 22.0. The molecule has 0 amide bonds. The van der Waals surface area contributed by atoms with Crippen LogP contribution < -0.4 is 5.48 Å². The Bertz CT molecular complexity index is 703. The molecule has 1 saturated heterocycles. The van der Waals surface area contributed by atoms with E-state index in [2.05, 4.69) is 57.5 Å². The lowest BCUT2D eigenvalue weighted by Gasteiger charge is -2.25. The van der Waals surface area contributed by atoms with Crippen molar-refractivity contribution in [3.8, 4) is 0 Å². The van der Waals surface area contributed by atoms with Crippen molar-refractivity contribution in [3.05, 3.63) is 36.0 Å². The van der Waals surface area contributed by atoms with Crippen LogP contribution >= 0.6 is 0 Å². The first-order valence-corrected chi connectivity index (χ1v) is 13.1. The quantitative estimate of drug-likeness (QED) is 0.204. The van der Waals surface area contributed by atoms with Crippen molar-refractivity contribution in [2.45, 2.75) is 111 Å². The number of nitrogens with one attached hydrogen (secondary N) is 1. The fourth-order valence-electron chi connectivity index (χ4n) is 4.62. The minimum absolute atomic E-state index is 0.0288. The largest absolute Gasteiger partial charge is 0.458 e. The molecule has 6 nitrogen and oxygen atoms in total. The summed E-state index contributed by atoms with van der Waals surface area (Å²) in [6.07, 6.45) is 16.2. The van der Waals surface area contributed by atoms with E-state index in [0.717, 1.165) is 38.5 Å². The number of ether oxygens (including phenoxy) is 2. The van der Waals surface area contributed by atoms with Crippen molar-refractivity contribution < 1.29 is 24.2 Å². The predicted molar refractivity (Wildman–Crippen MR) is 136 cm³/mol. The molecular formula is C28H47NO5. The van der Waals surface area contributed by atoms with Gasteiger partial charge in [0, 0.05) is 12.8 Å². The maximum atomic E-state index is 11.5. The highest BCUT2D eigenvalue weighted by Crippen LogP contribution is 2.36. The number of rotatable bonds is 9. The molecule has 34 heavy (non-hydrogen) atoms. The molecule has 6 heteroatoms. The zero-order valence-electron chi connectivity index (χ0n) is 22.0. The molecule has 2 aliphatic rings. The summed E-state index contributed by atoms with van der Waals surface area (Å²) in [6, 6.07) is 0.0288. The van der Waals surface area contributed by atoms with Crippen LogP contribution in [0.2, 0.25) is 0 Å². The standard InChI is InChI=1S/C28H47NO5/c1-7-25(31)22(5)28-26(34-28)18-19(2)12-11-13-20(3)27-21(4)15-16-24(33-23(6)30)14-9-8-10-17-32-29-27/h11-13,15-16,19,21-22,24-29,31H,7-10,14,17-18H2,1-6H3/b12-11+,16-15?,20-13-/t19-,21?,22-,24?,25+,26-,27?,28-/m1/s1. The Labute approximate surface area is 206 Å². The van der Waals surface area contributed by atoms with E-state index in [-0.39, 0.29) is 48.3 Å². The van der Waals surface area contributed by atoms with E-state index in [0.29, 0.717) is 12.5 Å². The monoisotopic (exact) mass is 477 g/mol. The van der Waals surface area contributed by atoms with Crippen LogP contribution in [0.15, 0.2) is 36.0 Å². The summed E-state index contributed by atoms with van der Waals surface area (Å²) < 4.78 is 11.3. The van der Waals surface area contributed by atoms with Gasteiger partial charge in [0.25, 0.3) is 0 Å². The Kier molecular flexibility index (Phi) is 12.5. The Morgan fingerprint density at radius 1 is 1.24 bits per heavy atom. The molecule has 0 bridgehead atoms. The van der Waals surface area contributed by atoms with Crippen molar-refractivity contribution in [2.24, 2.45) is 17.8 Å². The summed E-state index contributed by atoms with van der Waals surface area (Å²) in [5, 5.41) is 10.0. The minimum atomic E-state index is -0.285. The molecule has 0 spiro atoms. The Morgan fingerprint density at radius 3 is 2.71 bits per heavy atom. The Hall–Kier alpha value is -1.47. The number of hydrogen-bond acceptors (Lipinski definition) is 6. The van der Waals surface area contributed by atoms with Crippen molar-refractivity contribution in [2.75, 3.05) is 6.61 Å². The van der Waals surface area contributed by atoms with Crippen LogP contribution in [-0.4, -0.2) is 48.1 Å². The maximum absolute atomic E-state index is 11.5. The van der Waals surface area contributed by atoms with E-state index in [4.69, 9.17) is 14.3 Å². The number of hydrogen-bond donors (Lipinski definition) is 2. The van der Waals surface area contributed by atoms with Gasteiger partial charge < -0.3 is 19.4 Å². The van der Waals surface area contributed by atoms with E-state index in [1.54, 1.807) is 0 Å². The zero-order chi connectivity index (χ0) is 25.1. The van der Waals surface area contributed by atoms with Gasteiger partial charge in [-0.05, 0) is 56.9 Å². The summed E-state index contributed by atoms with van der Waals surface area (Å²) >= 11 is 0. The second kappa shape index (κ2) is 14.8. The molecule has 2 heterocycles. The van der Waals surface area contributed by atoms with Crippen LogP contribution in [0.5, 0.6) is 0 Å². The van der Waals surface area contributed by atoms with Gasteiger partial charge >= 0.3 is 5.97 Å². The van der Waals surface area contributed by atoms with Crippen LogP contribution in [0.4, 0.5) is 0 Å². The first-order valence-electron chi connectivity index (χ1n) is 13.1. The van der Waals surface area contributed by atoms with Gasteiger partial charge in [0.1, 0.15) is 6.10 Å². The highest BCUT2D eigenvalue weighted by Gasteiger charge is 2.44. The second-order valence-corrected chi connectivity index (χ2v) is 10.2. The molecule has 3 unspecified atom stereocenters. The molecule has 2 rings (SSSR count). The highest BCUT2D eigenvalue weighted by atomic mass is 16.6. The Morgan fingerprint density at radius 2 is 2.00 bits per heavy atom. The Balaban J connectivity index is 1.94. The molecular weight excluding hydrogens is 430 g/mol. The molecule has 194 valence electrons. The molecule has 2 aliphatic heterocycles. The second-order valence-electron chi connectivity index (χ2n) is 10.2. The molecule has 1 fully saturated rings. The van der Waals surface area contributed by atoms with Gasteiger partial charge in [-0.1, -0.05) is 64.0 Å². The lowest BCUT2D eigenvalue weighted by Crippen LogP contribution is -2.36. The van der Waals surface area contributed by atoms with Crippen LogP contribution in [0, 0.1) is 17.8 Å². The lowest BCUT2D eigenvalue weighted by atomic mass is 9.93. The summed E-state index contributed by atoms with van der Waals surface area (Å²) in [5.41, 5.74) is 4.43. The van der Waals surface area contributed by atoms with E-state index >= 15 is 0 Å². The smallest absolute Gasteiger partial charge is 0.303 e. The molecule has 0 saturated carbocycles. The number of hydroxylamine groups is 1. The third kappa shape index (κ3) is 10.0. The fraction of sp³-hybridized carbons (Fsp3) is 0.750. The van der Waals surface area contributed by atoms with E-state index in [1.807, 2.05) is 13.0 Å². The van der Waals surface area contributed by atoms with Gasteiger partial charge in [0.15, 0.2) is 0 Å². The average Bonchev–Trinajstić information content (AvgIpc) is 3.55. The number of aliphatic hydroxyl groups is 1. The summed E-state index contributed by atoms with van der Waals surface area (Å²) in [6.45, 7) is 12.7. The number of epoxide rings is 1. The van der Waals surface area contributed by atoms with Crippen molar-refractivity contribution in [1.29, 1.82) is 0 Å². The number of aliphatic hydroxyl groups excluding tert-OH is 1.